The van der Waals surface area contributed by atoms with Gasteiger partial charge in [0, 0.05) is 12.1 Å². The van der Waals surface area contributed by atoms with Crippen LogP contribution in [0.5, 0.6) is 0 Å². The molecule has 0 heterocycles. The van der Waals surface area contributed by atoms with Crippen LogP contribution in [0.4, 0.5) is 8.78 Å². The molecule has 0 fully saturated rings. The topological polar surface area (TPSA) is 38.0 Å². The Morgan fingerprint density at radius 1 is 1.24 bits per heavy atom. The maximum atomic E-state index is 13.1. The van der Waals surface area contributed by atoms with Gasteiger partial charge in [-0.05, 0) is 30.0 Å². The fourth-order valence-electron chi connectivity index (χ4n) is 2.09. The average Bonchev–Trinajstić information content (AvgIpc) is 2.24. The zero-order chi connectivity index (χ0) is 12.8. The summed E-state index contributed by atoms with van der Waals surface area (Å²) in [7, 11) is 0. The van der Waals surface area contributed by atoms with E-state index in [9.17, 15) is 8.78 Å². The van der Waals surface area contributed by atoms with Crippen LogP contribution in [0.25, 0.3) is 0 Å². The molecule has 0 saturated heterocycles. The lowest BCUT2D eigenvalue weighted by Gasteiger charge is -2.20. The Hall–Kier alpha value is -1.00. The first-order valence-corrected chi connectivity index (χ1v) is 5.99. The number of nitrogens with two attached hydrogens (primary N) is 1. The zero-order valence-electron chi connectivity index (χ0n) is 10.3. The van der Waals surface area contributed by atoms with E-state index in [0.29, 0.717) is 11.5 Å². The van der Waals surface area contributed by atoms with Crippen molar-refractivity contribution in [3.63, 3.8) is 0 Å². The van der Waals surface area contributed by atoms with Crippen molar-refractivity contribution in [3.8, 4) is 0 Å². The summed E-state index contributed by atoms with van der Waals surface area (Å²) in [4.78, 5) is 0. The highest BCUT2D eigenvalue weighted by Gasteiger charge is 2.15. The van der Waals surface area contributed by atoms with Crippen LogP contribution >= 0.6 is 0 Å². The molecule has 3 N–H and O–H groups in total. The zero-order valence-corrected chi connectivity index (χ0v) is 10.3. The molecule has 0 saturated carbocycles. The first kappa shape index (κ1) is 14.1. The fourth-order valence-corrected chi connectivity index (χ4v) is 2.09. The third-order valence-corrected chi connectivity index (χ3v) is 2.91. The van der Waals surface area contributed by atoms with Gasteiger partial charge in [0.15, 0.2) is 0 Å². The minimum Gasteiger partial charge on any atom is -0.271 e. The van der Waals surface area contributed by atoms with E-state index in [0.717, 1.165) is 25.3 Å². The minimum atomic E-state index is -0.566. The van der Waals surface area contributed by atoms with Gasteiger partial charge in [0.1, 0.15) is 11.6 Å². The van der Waals surface area contributed by atoms with E-state index in [4.69, 9.17) is 5.84 Å². The molecule has 2 unspecified atom stereocenters. The number of benzene rings is 1. The summed E-state index contributed by atoms with van der Waals surface area (Å²) in [6, 6.07) is 3.31. The van der Waals surface area contributed by atoms with Gasteiger partial charge in [0.2, 0.25) is 0 Å². The Morgan fingerprint density at radius 2 is 1.82 bits per heavy atom. The Kier molecular flexibility index (Phi) is 5.51. The van der Waals surface area contributed by atoms with Crippen LogP contribution in [-0.4, -0.2) is 0 Å². The lowest BCUT2D eigenvalue weighted by Crippen LogP contribution is -2.29. The molecule has 4 heteroatoms. The molecule has 0 amide bonds. The van der Waals surface area contributed by atoms with Gasteiger partial charge in [-0.1, -0.05) is 26.7 Å². The number of hydrazine groups is 1. The van der Waals surface area contributed by atoms with Crippen molar-refractivity contribution in [2.45, 2.75) is 39.2 Å². The lowest BCUT2D eigenvalue weighted by molar-refractivity contribution is 0.392. The van der Waals surface area contributed by atoms with Crippen molar-refractivity contribution >= 4 is 0 Å². The summed E-state index contributed by atoms with van der Waals surface area (Å²) in [6.07, 6.45) is 2.94. The predicted molar refractivity (Wildman–Crippen MR) is 65.1 cm³/mol. The summed E-state index contributed by atoms with van der Waals surface area (Å²) < 4.78 is 26.2. The molecule has 0 spiro atoms. The summed E-state index contributed by atoms with van der Waals surface area (Å²) in [5, 5.41) is 0. The predicted octanol–water partition coefficient (Wildman–Crippen LogP) is 3.30. The van der Waals surface area contributed by atoms with Gasteiger partial charge >= 0.3 is 0 Å². The molecule has 2 atom stereocenters. The van der Waals surface area contributed by atoms with Gasteiger partial charge in [0.25, 0.3) is 0 Å². The highest BCUT2D eigenvalue weighted by molar-refractivity contribution is 5.21. The number of halogens is 2. The third kappa shape index (κ3) is 4.40. The van der Waals surface area contributed by atoms with E-state index >= 15 is 0 Å². The van der Waals surface area contributed by atoms with Crippen LogP contribution in [0.1, 0.15) is 44.7 Å². The van der Waals surface area contributed by atoms with E-state index < -0.39 is 11.6 Å². The molecule has 0 aliphatic carbocycles. The van der Waals surface area contributed by atoms with Crippen molar-refractivity contribution in [1.29, 1.82) is 0 Å². The normalized spacial score (nSPS) is 14.6. The molecule has 0 aliphatic rings. The second-order valence-corrected chi connectivity index (χ2v) is 4.55. The van der Waals surface area contributed by atoms with Crippen molar-refractivity contribution < 1.29 is 8.78 Å². The van der Waals surface area contributed by atoms with E-state index in [-0.39, 0.29) is 6.04 Å². The van der Waals surface area contributed by atoms with Crippen LogP contribution in [0.15, 0.2) is 18.2 Å². The second kappa shape index (κ2) is 6.67. The molecule has 1 rings (SSSR count). The number of nitrogens with one attached hydrogen (secondary N) is 1. The monoisotopic (exact) mass is 242 g/mol. The molecule has 0 radical (unpaired) electrons. The van der Waals surface area contributed by atoms with Gasteiger partial charge < -0.3 is 0 Å². The quantitative estimate of drug-likeness (QED) is 0.593. The maximum Gasteiger partial charge on any atom is 0.126 e. The number of rotatable bonds is 6. The average molecular weight is 242 g/mol. The summed E-state index contributed by atoms with van der Waals surface area (Å²) in [5.41, 5.74) is 3.19. The van der Waals surface area contributed by atoms with Gasteiger partial charge in [0.05, 0.1) is 0 Å². The number of hydrogen-bond donors (Lipinski definition) is 2. The van der Waals surface area contributed by atoms with Crippen LogP contribution in [0.2, 0.25) is 0 Å². The highest BCUT2D eigenvalue weighted by atomic mass is 19.1. The Labute approximate surface area is 101 Å². The third-order valence-electron chi connectivity index (χ3n) is 2.91. The molecule has 96 valence electrons. The van der Waals surface area contributed by atoms with Gasteiger partial charge in [-0.2, -0.15) is 0 Å². The first-order chi connectivity index (χ1) is 8.06. The Morgan fingerprint density at radius 3 is 2.29 bits per heavy atom. The maximum absolute atomic E-state index is 13.1. The molecular formula is C13H20F2N2. The van der Waals surface area contributed by atoms with Crippen LogP contribution in [0.3, 0.4) is 0 Å². The van der Waals surface area contributed by atoms with Crippen molar-refractivity contribution in [1.82, 2.24) is 5.43 Å². The van der Waals surface area contributed by atoms with Crippen molar-refractivity contribution in [2.24, 2.45) is 11.8 Å². The highest BCUT2D eigenvalue weighted by Crippen LogP contribution is 2.24. The largest absolute Gasteiger partial charge is 0.271 e. The standard InChI is InChI=1S/C13H20F2N2/c1-3-4-9(2)5-13(17-16)10-6-11(14)8-12(15)7-10/h6-9,13,17H,3-5,16H2,1-2H3. The lowest BCUT2D eigenvalue weighted by atomic mass is 9.93. The van der Waals surface area contributed by atoms with Crippen LogP contribution in [0, 0.1) is 17.6 Å². The summed E-state index contributed by atoms with van der Waals surface area (Å²) >= 11 is 0. The van der Waals surface area contributed by atoms with Gasteiger partial charge in [-0.25, -0.2) is 8.78 Å². The van der Waals surface area contributed by atoms with Crippen LogP contribution < -0.4 is 11.3 Å². The van der Waals surface area contributed by atoms with E-state index in [1.807, 2.05) is 0 Å². The van der Waals surface area contributed by atoms with Gasteiger partial charge in [-0.15, -0.1) is 0 Å². The molecule has 1 aromatic rings. The molecular weight excluding hydrogens is 222 g/mol. The molecule has 0 aromatic heterocycles. The molecule has 1 aromatic carbocycles. The molecule has 0 bridgehead atoms. The van der Waals surface area contributed by atoms with Crippen LogP contribution in [-0.2, 0) is 0 Å². The Balaban J connectivity index is 2.78. The molecule has 0 aliphatic heterocycles. The minimum absolute atomic E-state index is 0.207. The van der Waals surface area contributed by atoms with E-state index in [2.05, 4.69) is 19.3 Å². The van der Waals surface area contributed by atoms with E-state index in [1.165, 1.54) is 12.1 Å². The fraction of sp³-hybridized carbons (Fsp3) is 0.538. The second-order valence-electron chi connectivity index (χ2n) is 4.55. The summed E-state index contributed by atoms with van der Waals surface area (Å²) in [6.45, 7) is 4.23. The van der Waals surface area contributed by atoms with Crippen molar-refractivity contribution in [2.75, 3.05) is 0 Å². The first-order valence-electron chi connectivity index (χ1n) is 5.99. The molecule has 2 nitrogen and oxygen atoms in total. The summed E-state index contributed by atoms with van der Waals surface area (Å²) in [5.74, 6) is 4.79. The van der Waals surface area contributed by atoms with Gasteiger partial charge in [-0.3, -0.25) is 11.3 Å². The SMILES string of the molecule is CCCC(C)CC(NN)c1cc(F)cc(F)c1. The van der Waals surface area contributed by atoms with Crippen molar-refractivity contribution in [3.05, 3.63) is 35.4 Å². The number of hydrogen-bond acceptors (Lipinski definition) is 2. The Bertz CT molecular complexity index is 335. The smallest absolute Gasteiger partial charge is 0.126 e. The molecule has 17 heavy (non-hydrogen) atoms. The van der Waals surface area contributed by atoms with E-state index in [1.54, 1.807) is 0 Å².